The molecular weight excluding hydrogens is 560 g/mol. The van der Waals surface area contributed by atoms with Gasteiger partial charge in [0.2, 0.25) is 0 Å². The van der Waals surface area contributed by atoms with Gasteiger partial charge in [0, 0.05) is 4.91 Å². The second kappa shape index (κ2) is 12.2. The number of aliphatic hydroxyl groups is 1. The molecule has 0 saturated carbocycles. The largest absolute Gasteiger partial charge is 0.497 e. The standard InChI is InChI=1S/C32H32N8O4/c1-4-25-26(38-39-33)28(41)31(44-25)40-19-36-27-29(34-18-35-30(27)40)37-32(20-8-6-5-7-9-20,21-10-14-23(42-2)15-11-21)22-12-16-24(43-3)17-13-22/h5-19,25-26,28,31,41H,4H2,1-3H3,(H,34,35,37)/t25-,26-,28-,31-/m1/s1. The zero-order valence-electron chi connectivity index (χ0n) is 24.5. The number of benzene rings is 3. The molecule has 1 aliphatic rings. The van der Waals surface area contributed by atoms with E-state index in [-0.39, 0.29) is 0 Å². The number of nitrogens with zero attached hydrogens (tertiary/aromatic N) is 7. The van der Waals surface area contributed by atoms with Gasteiger partial charge in [-0.3, -0.25) is 4.57 Å². The van der Waals surface area contributed by atoms with Crippen molar-refractivity contribution in [3.63, 3.8) is 0 Å². The summed E-state index contributed by atoms with van der Waals surface area (Å²) < 4.78 is 18.7. The average molecular weight is 593 g/mol. The number of aromatic nitrogens is 4. The van der Waals surface area contributed by atoms with E-state index in [2.05, 4.69) is 42.4 Å². The van der Waals surface area contributed by atoms with E-state index in [0.29, 0.717) is 23.4 Å². The first-order valence-electron chi connectivity index (χ1n) is 14.2. The van der Waals surface area contributed by atoms with E-state index >= 15 is 0 Å². The normalized spacial score (nSPS) is 19.8. The van der Waals surface area contributed by atoms with Gasteiger partial charge in [-0.2, -0.15) is 0 Å². The minimum Gasteiger partial charge on any atom is -0.497 e. The number of fused-ring (bicyclic) bond motifs is 1. The molecule has 3 heterocycles. The third kappa shape index (κ3) is 4.94. The van der Waals surface area contributed by atoms with Gasteiger partial charge in [-0.1, -0.05) is 66.6 Å². The van der Waals surface area contributed by atoms with Crippen LogP contribution in [0.25, 0.3) is 21.6 Å². The maximum atomic E-state index is 11.1. The molecule has 224 valence electrons. The van der Waals surface area contributed by atoms with Gasteiger partial charge in [-0.15, -0.1) is 0 Å². The number of nitrogens with one attached hydrogen (secondary N) is 1. The van der Waals surface area contributed by atoms with Crippen LogP contribution >= 0.6 is 0 Å². The predicted octanol–water partition coefficient (Wildman–Crippen LogP) is 5.59. The number of azide groups is 1. The van der Waals surface area contributed by atoms with Crippen LogP contribution in [0.1, 0.15) is 36.3 Å². The first-order chi connectivity index (χ1) is 21.5. The fraction of sp³-hybridized carbons (Fsp3) is 0.281. The highest BCUT2D eigenvalue weighted by Gasteiger charge is 2.44. The highest BCUT2D eigenvalue weighted by Crippen LogP contribution is 2.42. The van der Waals surface area contributed by atoms with E-state index in [1.54, 1.807) is 25.1 Å². The molecule has 12 nitrogen and oxygen atoms in total. The molecule has 6 rings (SSSR count). The van der Waals surface area contributed by atoms with E-state index in [1.807, 2.05) is 73.7 Å². The Balaban J connectivity index is 1.52. The molecule has 1 fully saturated rings. The number of imidazole rings is 1. The second-order valence-electron chi connectivity index (χ2n) is 10.4. The van der Waals surface area contributed by atoms with Crippen LogP contribution in [0.2, 0.25) is 0 Å². The van der Waals surface area contributed by atoms with Gasteiger partial charge >= 0.3 is 0 Å². The lowest BCUT2D eigenvalue weighted by molar-refractivity contribution is -0.0355. The number of hydrogen-bond donors (Lipinski definition) is 2. The van der Waals surface area contributed by atoms with Crippen LogP contribution in [0.3, 0.4) is 0 Å². The molecule has 0 amide bonds. The maximum Gasteiger partial charge on any atom is 0.167 e. The van der Waals surface area contributed by atoms with Crippen LogP contribution in [0.15, 0.2) is 96.6 Å². The number of hydrogen-bond acceptors (Lipinski definition) is 9. The van der Waals surface area contributed by atoms with Gasteiger partial charge in [-0.25, -0.2) is 15.0 Å². The van der Waals surface area contributed by atoms with Crippen molar-refractivity contribution in [3.8, 4) is 11.5 Å². The van der Waals surface area contributed by atoms with E-state index in [0.717, 1.165) is 28.2 Å². The van der Waals surface area contributed by atoms with E-state index in [1.165, 1.54) is 6.33 Å². The molecule has 2 N–H and O–H groups in total. The monoisotopic (exact) mass is 592 g/mol. The van der Waals surface area contributed by atoms with Crippen molar-refractivity contribution in [3.05, 3.63) is 119 Å². The van der Waals surface area contributed by atoms with Crippen molar-refractivity contribution >= 4 is 17.0 Å². The van der Waals surface area contributed by atoms with Crippen LogP contribution in [-0.2, 0) is 10.3 Å². The van der Waals surface area contributed by atoms with Crippen molar-refractivity contribution in [1.29, 1.82) is 0 Å². The third-order valence-corrected chi connectivity index (χ3v) is 8.12. The molecule has 0 bridgehead atoms. The number of ether oxygens (including phenoxy) is 3. The summed E-state index contributed by atoms with van der Waals surface area (Å²) in [6, 6.07) is 25.1. The molecule has 1 aliphatic heterocycles. The van der Waals surface area contributed by atoms with Crippen LogP contribution in [0, 0.1) is 0 Å². The van der Waals surface area contributed by atoms with Crippen molar-refractivity contribution < 1.29 is 19.3 Å². The van der Waals surface area contributed by atoms with Crippen molar-refractivity contribution in [1.82, 2.24) is 19.5 Å². The molecule has 0 unspecified atom stereocenters. The Morgan fingerprint density at radius 2 is 1.55 bits per heavy atom. The Kier molecular flexibility index (Phi) is 8.03. The minimum absolute atomic E-state index is 0.446. The molecule has 0 aliphatic carbocycles. The Hall–Kier alpha value is -5.16. The highest BCUT2D eigenvalue weighted by atomic mass is 16.5. The fourth-order valence-corrected chi connectivity index (χ4v) is 5.89. The molecule has 3 aromatic carbocycles. The van der Waals surface area contributed by atoms with Gasteiger partial charge in [0.15, 0.2) is 23.2 Å². The molecule has 12 heteroatoms. The summed E-state index contributed by atoms with van der Waals surface area (Å²) >= 11 is 0. The average Bonchev–Trinajstić information content (AvgIpc) is 3.65. The maximum absolute atomic E-state index is 11.1. The van der Waals surface area contributed by atoms with Gasteiger partial charge in [0.05, 0.1) is 32.7 Å². The SMILES string of the molecule is CC[C@H]1O[C@@H](n2cnc3c(NC(c4ccccc4)(c4ccc(OC)cc4)c4ccc(OC)cc4)ncnc32)[C@H](O)[C@@H]1N=[N+]=[N-]. The van der Waals surface area contributed by atoms with Crippen molar-refractivity contribution in [2.75, 3.05) is 19.5 Å². The molecule has 4 atom stereocenters. The van der Waals surface area contributed by atoms with E-state index in [4.69, 9.17) is 19.7 Å². The third-order valence-electron chi connectivity index (χ3n) is 8.12. The first kappa shape index (κ1) is 28.9. The molecule has 1 saturated heterocycles. The number of anilines is 1. The molecule has 2 aromatic heterocycles. The quantitative estimate of drug-likeness (QED) is 0.0921. The molecular formula is C32H32N8O4. The van der Waals surface area contributed by atoms with Gasteiger partial charge in [-0.05, 0) is 52.9 Å². The van der Waals surface area contributed by atoms with Gasteiger partial charge < -0.3 is 24.6 Å². The zero-order chi connectivity index (χ0) is 30.7. The lowest BCUT2D eigenvalue weighted by atomic mass is 9.77. The Labute approximate surface area is 253 Å². The van der Waals surface area contributed by atoms with Crippen LogP contribution in [0.4, 0.5) is 5.82 Å². The summed E-state index contributed by atoms with van der Waals surface area (Å²) in [5, 5.41) is 18.6. The highest BCUT2D eigenvalue weighted by molar-refractivity contribution is 5.84. The van der Waals surface area contributed by atoms with E-state index in [9.17, 15) is 5.11 Å². The molecule has 0 spiro atoms. The summed E-state index contributed by atoms with van der Waals surface area (Å²) in [6.45, 7) is 1.91. The van der Waals surface area contributed by atoms with Crippen LogP contribution < -0.4 is 14.8 Å². The zero-order valence-corrected chi connectivity index (χ0v) is 24.5. The summed E-state index contributed by atoms with van der Waals surface area (Å²) in [5.41, 5.74) is 11.9. The lowest BCUT2D eigenvalue weighted by Gasteiger charge is -2.37. The fourth-order valence-electron chi connectivity index (χ4n) is 5.89. The van der Waals surface area contributed by atoms with Crippen molar-refractivity contribution in [2.24, 2.45) is 5.11 Å². The Morgan fingerprint density at radius 3 is 2.11 bits per heavy atom. The predicted molar refractivity (Wildman–Crippen MR) is 164 cm³/mol. The summed E-state index contributed by atoms with van der Waals surface area (Å²) in [6.07, 6.45) is 1.21. The van der Waals surface area contributed by atoms with Gasteiger partial charge in [0.25, 0.3) is 0 Å². The second-order valence-corrected chi connectivity index (χ2v) is 10.4. The van der Waals surface area contributed by atoms with Crippen LogP contribution in [-0.4, -0.2) is 57.1 Å². The number of methoxy groups -OCH3 is 2. The summed E-state index contributed by atoms with van der Waals surface area (Å²) in [7, 11) is 3.27. The van der Waals surface area contributed by atoms with Crippen LogP contribution in [0.5, 0.6) is 11.5 Å². The van der Waals surface area contributed by atoms with E-state index < -0.39 is 30.0 Å². The summed E-state index contributed by atoms with van der Waals surface area (Å²) in [4.78, 5) is 16.8. The van der Waals surface area contributed by atoms with Crippen molar-refractivity contribution in [2.45, 2.75) is 43.4 Å². The minimum atomic E-state index is -1.08. The smallest absolute Gasteiger partial charge is 0.167 e. The van der Waals surface area contributed by atoms with Gasteiger partial charge in [0.1, 0.15) is 29.5 Å². The number of aliphatic hydroxyl groups excluding tert-OH is 1. The number of rotatable bonds is 10. The lowest BCUT2D eigenvalue weighted by Crippen LogP contribution is -2.38. The molecule has 5 aromatic rings. The molecule has 0 radical (unpaired) electrons. The summed E-state index contributed by atoms with van der Waals surface area (Å²) in [5.74, 6) is 1.93. The first-order valence-corrected chi connectivity index (χ1v) is 14.2. The Bertz CT molecular complexity index is 1720. The Morgan fingerprint density at radius 1 is 0.932 bits per heavy atom. The molecule has 44 heavy (non-hydrogen) atoms. The topological polar surface area (TPSA) is 152 Å².